The molecule has 1 aromatic heterocycles. The summed E-state index contributed by atoms with van der Waals surface area (Å²) in [5.41, 5.74) is -0.0384. The van der Waals surface area contributed by atoms with Crippen molar-refractivity contribution in [2.45, 2.75) is 25.3 Å². The molecule has 1 atom stereocenters. The normalized spacial score (nSPS) is 13.5. The third-order valence-electron chi connectivity index (χ3n) is 2.92. The number of aromatic nitrogens is 1. The molecule has 0 aliphatic rings. The van der Waals surface area contributed by atoms with Crippen molar-refractivity contribution >= 4 is 16.0 Å². The van der Waals surface area contributed by atoms with Crippen molar-refractivity contribution in [3.63, 3.8) is 0 Å². The van der Waals surface area contributed by atoms with E-state index in [0.717, 1.165) is 12.6 Å². The average Bonchev–Trinajstić information content (AvgIpc) is 2.38. The highest BCUT2D eigenvalue weighted by Crippen LogP contribution is 2.14. The topological polar surface area (TPSA) is 87.6 Å². The van der Waals surface area contributed by atoms with Crippen molar-refractivity contribution < 1.29 is 18.3 Å². The number of carboxylic acids is 1. The quantitative estimate of drug-likeness (QED) is 0.855. The van der Waals surface area contributed by atoms with Crippen LogP contribution in [-0.4, -0.2) is 42.4 Å². The molecule has 0 radical (unpaired) electrons. The largest absolute Gasteiger partial charge is 0.478 e. The van der Waals surface area contributed by atoms with Crippen molar-refractivity contribution in [1.82, 2.24) is 9.29 Å². The van der Waals surface area contributed by atoms with E-state index in [1.807, 2.05) is 13.8 Å². The highest BCUT2D eigenvalue weighted by Gasteiger charge is 2.23. The standard InChI is InChI=1S/C12H18N2O4S/c1-4-9(2)8-14(3)19(17,18)11-6-5-10(7-13-11)12(15)16/h5-7,9H,4,8H2,1-3H3,(H,15,16). The molecule has 0 aromatic carbocycles. The molecule has 7 heteroatoms. The first-order chi connectivity index (χ1) is 8.78. The monoisotopic (exact) mass is 286 g/mol. The molecule has 6 nitrogen and oxygen atoms in total. The number of carboxylic acid groups (broad SMARTS) is 1. The minimum absolute atomic E-state index is 0.0384. The Morgan fingerprint density at radius 3 is 2.53 bits per heavy atom. The summed E-state index contributed by atoms with van der Waals surface area (Å²) in [6.45, 7) is 4.36. The van der Waals surface area contributed by atoms with Crippen molar-refractivity contribution in [2.75, 3.05) is 13.6 Å². The number of rotatable bonds is 6. The predicted molar refractivity (Wildman–Crippen MR) is 70.5 cm³/mol. The number of nitrogens with zero attached hydrogens (tertiary/aromatic N) is 2. The van der Waals surface area contributed by atoms with Gasteiger partial charge in [0.2, 0.25) is 0 Å². The van der Waals surface area contributed by atoms with Crippen molar-refractivity contribution in [3.8, 4) is 0 Å². The third kappa shape index (κ3) is 3.74. The maximum absolute atomic E-state index is 12.2. The van der Waals surface area contributed by atoms with Crippen LogP contribution in [0.25, 0.3) is 0 Å². The van der Waals surface area contributed by atoms with Gasteiger partial charge in [0.25, 0.3) is 10.0 Å². The zero-order chi connectivity index (χ0) is 14.6. The number of aromatic carboxylic acids is 1. The minimum atomic E-state index is -3.66. The number of hydrogen-bond donors (Lipinski definition) is 1. The fourth-order valence-corrected chi connectivity index (χ4v) is 2.68. The van der Waals surface area contributed by atoms with E-state index in [1.54, 1.807) is 0 Å². The number of pyridine rings is 1. The molecule has 0 aliphatic heterocycles. The molecular weight excluding hydrogens is 268 g/mol. The molecule has 1 heterocycles. The van der Waals surface area contributed by atoms with Gasteiger partial charge >= 0.3 is 5.97 Å². The molecule has 1 N–H and O–H groups in total. The maximum atomic E-state index is 12.2. The first kappa shape index (κ1) is 15.6. The molecule has 19 heavy (non-hydrogen) atoms. The Kier molecular flexibility index (Phi) is 5.02. The van der Waals surface area contributed by atoms with Crippen LogP contribution in [0.15, 0.2) is 23.4 Å². The lowest BCUT2D eigenvalue weighted by Gasteiger charge is -2.19. The van der Waals surface area contributed by atoms with Gasteiger partial charge in [-0.05, 0) is 18.1 Å². The second-order valence-corrected chi connectivity index (χ2v) is 6.48. The van der Waals surface area contributed by atoms with Crippen molar-refractivity contribution in [2.24, 2.45) is 5.92 Å². The highest BCUT2D eigenvalue weighted by molar-refractivity contribution is 7.89. The summed E-state index contributed by atoms with van der Waals surface area (Å²) in [5.74, 6) is -0.887. The molecule has 1 unspecified atom stereocenters. The molecule has 0 spiro atoms. The fourth-order valence-electron chi connectivity index (χ4n) is 1.49. The molecule has 1 rings (SSSR count). The van der Waals surface area contributed by atoms with Gasteiger partial charge in [-0.3, -0.25) is 0 Å². The van der Waals surface area contributed by atoms with E-state index in [-0.39, 0.29) is 16.5 Å². The molecule has 0 saturated heterocycles. The minimum Gasteiger partial charge on any atom is -0.478 e. The van der Waals surface area contributed by atoms with E-state index in [1.165, 1.54) is 23.5 Å². The smallest absolute Gasteiger partial charge is 0.337 e. The summed E-state index contributed by atoms with van der Waals surface area (Å²) in [6.07, 6.45) is 1.93. The van der Waals surface area contributed by atoms with Gasteiger partial charge in [0, 0.05) is 19.8 Å². The van der Waals surface area contributed by atoms with Crippen LogP contribution in [-0.2, 0) is 10.0 Å². The molecule has 106 valence electrons. The van der Waals surface area contributed by atoms with Crippen LogP contribution in [0.3, 0.4) is 0 Å². The SMILES string of the molecule is CCC(C)CN(C)S(=O)(=O)c1ccc(C(=O)O)cn1. The number of hydrogen-bond acceptors (Lipinski definition) is 4. The van der Waals surface area contributed by atoms with Crippen LogP contribution in [0.2, 0.25) is 0 Å². The van der Waals surface area contributed by atoms with Gasteiger partial charge in [-0.25, -0.2) is 18.2 Å². The lowest BCUT2D eigenvalue weighted by atomic mass is 10.1. The lowest BCUT2D eigenvalue weighted by molar-refractivity contribution is 0.0696. The summed E-state index contributed by atoms with van der Waals surface area (Å²) < 4.78 is 25.6. The Morgan fingerprint density at radius 1 is 1.47 bits per heavy atom. The lowest BCUT2D eigenvalue weighted by Crippen LogP contribution is -2.31. The van der Waals surface area contributed by atoms with Gasteiger partial charge in [0.05, 0.1) is 5.56 Å². The van der Waals surface area contributed by atoms with Crippen molar-refractivity contribution in [3.05, 3.63) is 23.9 Å². The van der Waals surface area contributed by atoms with Gasteiger partial charge in [-0.2, -0.15) is 4.31 Å². The zero-order valence-corrected chi connectivity index (χ0v) is 12.0. The van der Waals surface area contributed by atoms with Gasteiger partial charge in [-0.15, -0.1) is 0 Å². The van der Waals surface area contributed by atoms with E-state index in [2.05, 4.69) is 4.98 Å². The molecule has 1 aromatic rings. The molecule has 0 bridgehead atoms. The van der Waals surface area contributed by atoms with E-state index < -0.39 is 16.0 Å². The number of carbonyl (C=O) groups is 1. The predicted octanol–water partition coefficient (Wildman–Crippen LogP) is 1.45. The van der Waals surface area contributed by atoms with E-state index in [9.17, 15) is 13.2 Å². The molecule has 0 amide bonds. The second kappa shape index (κ2) is 6.12. The van der Waals surface area contributed by atoms with E-state index in [4.69, 9.17) is 5.11 Å². The first-order valence-corrected chi connectivity index (χ1v) is 7.38. The van der Waals surface area contributed by atoms with Gasteiger partial charge in [0.15, 0.2) is 5.03 Å². The molecule has 0 aliphatic carbocycles. The summed E-state index contributed by atoms with van der Waals surface area (Å²) in [7, 11) is -2.16. The Bertz CT molecular complexity index is 539. The van der Waals surface area contributed by atoms with Crippen LogP contribution in [0.1, 0.15) is 30.6 Å². The Morgan fingerprint density at radius 2 is 2.11 bits per heavy atom. The molecule has 0 fully saturated rings. The van der Waals surface area contributed by atoms with Gasteiger partial charge < -0.3 is 5.11 Å². The highest BCUT2D eigenvalue weighted by atomic mass is 32.2. The summed E-state index contributed by atoms with van der Waals surface area (Å²) in [4.78, 5) is 14.4. The van der Waals surface area contributed by atoms with E-state index >= 15 is 0 Å². The fraction of sp³-hybridized carbons (Fsp3) is 0.500. The van der Waals surface area contributed by atoms with Gasteiger partial charge in [0.1, 0.15) is 0 Å². The van der Waals surface area contributed by atoms with Crippen LogP contribution >= 0.6 is 0 Å². The third-order valence-corrected chi connectivity index (χ3v) is 4.66. The van der Waals surface area contributed by atoms with Crippen LogP contribution in [0.4, 0.5) is 0 Å². The Balaban J connectivity index is 2.96. The summed E-state index contributed by atoms with van der Waals surface area (Å²) in [6, 6.07) is 2.45. The number of sulfonamides is 1. The maximum Gasteiger partial charge on any atom is 0.337 e. The van der Waals surface area contributed by atoms with Crippen LogP contribution in [0, 0.1) is 5.92 Å². The molecular formula is C12H18N2O4S. The van der Waals surface area contributed by atoms with Gasteiger partial charge in [-0.1, -0.05) is 20.3 Å². The molecule has 0 saturated carbocycles. The van der Waals surface area contributed by atoms with E-state index in [0.29, 0.717) is 6.54 Å². The Hall–Kier alpha value is -1.47. The first-order valence-electron chi connectivity index (χ1n) is 5.94. The summed E-state index contributed by atoms with van der Waals surface area (Å²) in [5, 5.41) is 8.60. The second-order valence-electron chi connectivity index (χ2n) is 4.49. The zero-order valence-electron chi connectivity index (χ0n) is 11.2. The average molecular weight is 286 g/mol. The summed E-state index contributed by atoms with van der Waals surface area (Å²) >= 11 is 0. The van der Waals surface area contributed by atoms with Crippen molar-refractivity contribution in [1.29, 1.82) is 0 Å². The van der Waals surface area contributed by atoms with Crippen LogP contribution < -0.4 is 0 Å². The van der Waals surface area contributed by atoms with Crippen LogP contribution in [0.5, 0.6) is 0 Å². The Labute approximate surface area is 113 Å².